The third-order valence-electron chi connectivity index (χ3n) is 5.96. The fourth-order valence-electron chi connectivity index (χ4n) is 4.14. The van der Waals surface area contributed by atoms with E-state index in [0.717, 1.165) is 6.42 Å². The first-order valence-corrected chi connectivity index (χ1v) is 16.2. The molecule has 0 spiro atoms. The molecule has 0 atom stereocenters. The van der Waals surface area contributed by atoms with Crippen LogP contribution in [0.1, 0.15) is 85.8 Å². The smallest absolute Gasteiger partial charge is 0.0457 e. The van der Waals surface area contributed by atoms with Crippen molar-refractivity contribution in [3.8, 4) is 9.75 Å². The van der Waals surface area contributed by atoms with Crippen molar-refractivity contribution < 1.29 is 0 Å². The largest absolute Gasteiger partial charge is 0.143 e. The summed E-state index contributed by atoms with van der Waals surface area (Å²) in [6.07, 6.45) is 16.4. The lowest BCUT2D eigenvalue weighted by Crippen LogP contribution is -1.84. The molecule has 0 unspecified atom stereocenters. The summed E-state index contributed by atoms with van der Waals surface area (Å²) >= 11 is 11.6. The SMILES string of the molecule is CCCCCCCCCCCCc1ccc(-c2cc(Br)c(Cc3cc4sccc4s3)s2)s1. The first-order chi connectivity index (χ1) is 15.7. The van der Waals surface area contributed by atoms with Crippen LogP contribution < -0.4 is 0 Å². The fraction of sp³-hybridized carbons (Fsp3) is 0.481. The van der Waals surface area contributed by atoms with E-state index in [1.165, 1.54) is 104 Å². The van der Waals surface area contributed by atoms with Crippen LogP contribution in [0.3, 0.4) is 0 Å². The molecule has 4 heterocycles. The van der Waals surface area contributed by atoms with E-state index in [2.05, 4.69) is 58.6 Å². The number of thiophene rings is 4. The second kappa shape index (κ2) is 12.9. The molecule has 0 radical (unpaired) electrons. The van der Waals surface area contributed by atoms with E-state index < -0.39 is 0 Å². The minimum absolute atomic E-state index is 1.04. The average molecular weight is 566 g/mol. The molecule has 0 N–H and O–H groups in total. The number of rotatable bonds is 14. The van der Waals surface area contributed by atoms with E-state index in [1.807, 2.05) is 45.3 Å². The molecule has 5 heteroatoms. The number of fused-ring (bicyclic) bond motifs is 1. The molecule has 4 aromatic heterocycles. The highest BCUT2D eigenvalue weighted by atomic mass is 79.9. The molecule has 4 rings (SSSR count). The summed E-state index contributed by atoms with van der Waals surface area (Å²) in [6.45, 7) is 2.29. The van der Waals surface area contributed by atoms with E-state index in [4.69, 9.17) is 0 Å². The highest BCUT2D eigenvalue weighted by Gasteiger charge is 2.13. The van der Waals surface area contributed by atoms with Crippen molar-refractivity contribution in [3.05, 3.63) is 54.8 Å². The monoisotopic (exact) mass is 564 g/mol. The number of unbranched alkanes of at least 4 members (excludes halogenated alkanes) is 9. The van der Waals surface area contributed by atoms with Gasteiger partial charge in [0.05, 0.1) is 0 Å². The summed E-state index contributed by atoms with van der Waals surface area (Å²) in [5.41, 5.74) is 0. The van der Waals surface area contributed by atoms with E-state index in [9.17, 15) is 0 Å². The van der Waals surface area contributed by atoms with E-state index in [1.54, 1.807) is 4.88 Å². The zero-order chi connectivity index (χ0) is 22.2. The van der Waals surface area contributed by atoms with Gasteiger partial charge in [0.15, 0.2) is 0 Å². The van der Waals surface area contributed by atoms with E-state index in [0.29, 0.717) is 0 Å². The minimum Gasteiger partial charge on any atom is -0.143 e. The zero-order valence-corrected chi connectivity index (χ0v) is 23.8. The predicted molar refractivity (Wildman–Crippen MR) is 153 cm³/mol. The van der Waals surface area contributed by atoms with Gasteiger partial charge in [-0.15, -0.1) is 45.3 Å². The van der Waals surface area contributed by atoms with Crippen molar-refractivity contribution in [1.29, 1.82) is 0 Å². The Labute approximate surface area is 217 Å². The topological polar surface area (TPSA) is 0 Å². The first kappa shape index (κ1) is 24.7. The highest BCUT2D eigenvalue weighted by Crippen LogP contribution is 2.40. The molecule has 32 heavy (non-hydrogen) atoms. The maximum Gasteiger partial charge on any atom is 0.0457 e. The van der Waals surface area contributed by atoms with Gasteiger partial charge in [0.2, 0.25) is 0 Å². The summed E-state index contributed by atoms with van der Waals surface area (Å²) in [7, 11) is 0. The molecule has 0 aliphatic rings. The predicted octanol–water partition coefficient (Wildman–Crippen LogP) is 11.6. The van der Waals surface area contributed by atoms with Crippen molar-refractivity contribution in [2.45, 2.75) is 84.0 Å². The van der Waals surface area contributed by atoms with Gasteiger partial charge in [-0.2, -0.15) is 0 Å². The molecule has 0 fully saturated rings. The molecular weight excluding hydrogens is 532 g/mol. The van der Waals surface area contributed by atoms with Gasteiger partial charge in [0.25, 0.3) is 0 Å². The lowest BCUT2D eigenvalue weighted by Gasteiger charge is -2.02. The lowest BCUT2D eigenvalue weighted by atomic mass is 10.1. The van der Waals surface area contributed by atoms with Crippen LogP contribution in [0.15, 0.2) is 40.2 Å². The van der Waals surface area contributed by atoms with Crippen molar-refractivity contribution in [2.75, 3.05) is 0 Å². The van der Waals surface area contributed by atoms with Crippen molar-refractivity contribution in [3.63, 3.8) is 0 Å². The quantitative estimate of drug-likeness (QED) is 0.133. The van der Waals surface area contributed by atoms with Crippen LogP contribution in [0.25, 0.3) is 19.2 Å². The Balaban J connectivity index is 1.20. The van der Waals surface area contributed by atoms with Gasteiger partial charge >= 0.3 is 0 Å². The molecule has 0 nitrogen and oxygen atoms in total. The molecule has 172 valence electrons. The maximum absolute atomic E-state index is 3.82. The van der Waals surface area contributed by atoms with Crippen molar-refractivity contribution >= 4 is 70.7 Å². The zero-order valence-electron chi connectivity index (χ0n) is 19.0. The Bertz CT molecular complexity index is 1050. The molecular formula is C27H33BrS4. The van der Waals surface area contributed by atoms with Gasteiger partial charge in [0.1, 0.15) is 0 Å². The maximum atomic E-state index is 3.82. The number of aryl methyl sites for hydroxylation is 1. The minimum atomic E-state index is 1.04. The van der Waals surface area contributed by atoms with Gasteiger partial charge in [-0.05, 0) is 64.5 Å². The molecule has 0 saturated carbocycles. The van der Waals surface area contributed by atoms with E-state index in [-0.39, 0.29) is 0 Å². The van der Waals surface area contributed by atoms with Gasteiger partial charge in [-0.3, -0.25) is 0 Å². The molecule has 0 saturated heterocycles. The standard InChI is InChI=1S/C27H33BrS4/c1-2-3-4-5-6-7-8-9-10-11-12-20-13-14-23(30-20)27-19-22(28)25(32-27)17-21-18-26-24(31-21)15-16-29-26/h13-16,18-19H,2-12,17H2,1H3. The first-order valence-electron chi connectivity index (χ1n) is 12.1. The normalized spacial score (nSPS) is 11.7. The molecule has 0 aromatic carbocycles. The number of halogens is 1. The summed E-state index contributed by atoms with van der Waals surface area (Å²) in [4.78, 5) is 7.29. The van der Waals surface area contributed by atoms with Crippen LogP contribution in [0.4, 0.5) is 0 Å². The van der Waals surface area contributed by atoms with Crippen molar-refractivity contribution in [1.82, 2.24) is 0 Å². The number of hydrogen-bond acceptors (Lipinski definition) is 4. The van der Waals surface area contributed by atoms with Crippen LogP contribution in [-0.2, 0) is 12.8 Å². The Morgan fingerprint density at radius 2 is 1.44 bits per heavy atom. The highest BCUT2D eigenvalue weighted by molar-refractivity contribution is 9.10. The molecule has 0 aliphatic carbocycles. The summed E-state index contributed by atoms with van der Waals surface area (Å²) in [6, 6.07) is 11.6. The van der Waals surface area contributed by atoms with E-state index >= 15 is 0 Å². The molecule has 4 aromatic rings. The number of hydrogen-bond donors (Lipinski definition) is 0. The van der Waals surface area contributed by atoms with Crippen molar-refractivity contribution in [2.24, 2.45) is 0 Å². The second-order valence-corrected chi connectivity index (χ2v) is 13.9. The van der Waals surface area contributed by atoms with Gasteiger partial charge in [-0.1, -0.05) is 64.7 Å². The van der Waals surface area contributed by atoms with Crippen LogP contribution >= 0.6 is 61.3 Å². The Kier molecular flexibility index (Phi) is 9.90. The summed E-state index contributed by atoms with van der Waals surface area (Å²) in [5, 5.41) is 2.19. The lowest BCUT2D eigenvalue weighted by molar-refractivity contribution is 0.557. The average Bonchev–Trinajstić information content (AvgIpc) is 3.55. The fourth-order valence-corrected chi connectivity index (χ4v) is 9.35. The van der Waals surface area contributed by atoms with Crippen LogP contribution in [0.5, 0.6) is 0 Å². The Morgan fingerprint density at radius 3 is 2.19 bits per heavy atom. The Hall–Kier alpha value is -0.460. The van der Waals surface area contributed by atoms with Crippen LogP contribution in [0, 0.1) is 0 Å². The van der Waals surface area contributed by atoms with Gasteiger partial charge < -0.3 is 0 Å². The third-order valence-corrected chi connectivity index (χ3v) is 11.5. The molecule has 0 amide bonds. The van der Waals surface area contributed by atoms with Crippen LogP contribution in [-0.4, -0.2) is 0 Å². The Morgan fingerprint density at radius 1 is 0.688 bits per heavy atom. The summed E-state index contributed by atoms with van der Waals surface area (Å²) < 4.78 is 4.11. The third kappa shape index (κ3) is 7.02. The molecule has 0 aliphatic heterocycles. The van der Waals surface area contributed by atoms with Gasteiger partial charge in [-0.25, -0.2) is 0 Å². The van der Waals surface area contributed by atoms with Gasteiger partial charge in [0, 0.05) is 44.7 Å². The molecule has 0 bridgehead atoms. The van der Waals surface area contributed by atoms with Crippen LogP contribution in [0.2, 0.25) is 0 Å². The second-order valence-electron chi connectivity index (χ2n) is 8.62. The summed E-state index contributed by atoms with van der Waals surface area (Å²) in [5.74, 6) is 0.